The van der Waals surface area contributed by atoms with Gasteiger partial charge in [0.2, 0.25) is 0 Å². The number of nitriles is 1. The van der Waals surface area contributed by atoms with Crippen molar-refractivity contribution in [2.24, 2.45) is 10.7 Å². The molecule has 232 valence electrons. The lowest BCUT2D eigenvalue weighted by molar-refractivity contribution is -0.138. The Kier molecular flexibility index (Phi) is 15.0. The highest BCUT2D eigenvalue weighted by Crippen LogP contribution is 2.22. The molecule has 0 unspecified atom stereocenters. The van der Waals surface area contributed by atoms with Gasteiger partial charge in [0, 0.05) is 13.1 Å². The lowest BCUT2D eigenvalue weighted by Crippen LogP contribution is -2.19. The largest absolute Gasteiger partial charge is 0.497 e. The van der Waals surface area contributed by atoms with Crippen LogP contribution in [0.5, 0.6) is 11.5 Å². The van der Waals surface area contributed by atoms with Gasteiger partial charge in [-0.25, -0.2) is 24.5 Å². The molecule has 0 fully saturated rings. The van der Waals surface area contributed by atoms with Gasteiger partial charge in [0.25, 0.3) is 0 Å². The van der Waals surface area contributed by atoms with E-state index < -0.39 is 11.9 Å². The Labute approximate surface area is 260 Å². The molecule has 3 aromatic rings. The second-order valence-electron chi connectivity index (χ2n) is 8.35. The Bertz CT molecular complexity index is 1470. The first-order chi connectivity index (χ1) is 21.3. The van der Waals surface area contributed by atoms with E-state index in [4.69, 9.17) is 41.5 Å². The summed E-state index contributed by atoms with van der Waals surface area (Å²) in [7, 11) is 3.20. The van der Waals surface area contributed by atoms with Crippen LogP contribution >= 0.6 is 11.6 Å². The van der Waals surface area contributed by atoms with E-state index in [1.807, 2.05) is 48.5 Å². The van der Waals surface area contributed by atoms with Gasteiger partial charge in [0.1, 0.15) is 40.4 Å². The molecule has 0 saturated carbocycles. The fourth-order valence-electron chi connectivity index (χ4n) is 3.41. The summed E-state index contributed by atoms with van der Waals surface area (Å²) in [6.07, 6.45) is 2.30. The molecule has 14 heteroatoms. The third-order valence-corrected chi connectivity index (χ3v) is 5.84. The molecule has 0 aliphatic heterocycles. The summed E-state index contributed by atoms with van der Waals surface area (Å²) < 4.78 is 20.0. The van der Waals surface area contributed by atoms with Crippen molar-refractivity contribution in [1.82, 2.24) is 15.3 Å². The van der Waals surface area contributed by atoms with Gasteiger partial charge in [-0.1, -0.05) is 35.9 Å². The number of aliphatic imine (C=N–C) groups is 1. The molecular formula is C30H34ClN7O6. The minimum atomic E-state index is -0.743. The molecule has 0 amide bonds. The minimum absolute atomic E-state index is 0.0608. The SMILES string of the molecule is CCOC(=O)/C(C#N)=C(/N=CN)NCc1ccc(OC)cc1.CCOC(=O)c1c(Cl)ncnc1NCc1ccc(OC)cc1. The zero-order valence-corrected chi connectivity index (χ0v) is 25.6. The van der Waals surface area contributed by atoms with E-state index >= 15 is 0 Å². The van der Waals surface area contributed by atoms with E-state index in [9.17, 15) is 9.59 Å². The molecular weight excluding hydrogens is 590 g/mol. The van der Waals surface area contributed by atoms with E-state index in [0.717, 1.165) is 29.0 Å². The summed E-state index contributed by atoms with van der Waals surface area (Å²) in [5.41, 5.74) is 7.10. The molecule has 4 N–H and O–H groups in total. The lowest BCUT2D eigenvalue weighted by Gasteiger charge is -2.11. The number of carbonyl (C=O) groups excluding carboxylic acids is 2. The first-order valence-corrected chi connectivity index (χ1v) is 13.7. The van der Waals surface area contributed by atoms with Gasteiger partial charge in [0.05, 0.1) is 33.8 Å². The Morgan fingerprint density at radius 1 is 0.955 bits per heavy atom. The fraction of sp³-hybridized carbons (Fsp3) is 0.267. The topological polar surface area (TPSA) is 183 Å². The first-order valence-electron chi connectivity index (χ1n) is 13.3. The fourth-order valence-corrected chi connectivity index (χ4v) is 3.62. The number of hydrogen-bond donors (Lipinski definition) is 3. The Hall–Kier alpha value is -5.35. The first kappa shape index (κ1) is 34.8. The van der Waals surface area contributed by atoms with Crippen LogP contribution in [0.15, 0.2) is 71.2 Å². The molecule has 1 heterocycles. The summed E-state index contributed by atoms with van der Waals surface area (Å²) in [6, 6.07) is 16.6. The maximum absolute atomic E-state index is 11.9. The van der Waals surface area contributed by atoms with Gasteiger partial charge in [-0.2, -0.15) is 5.26 Å². The normalized spacial score (nSPS) is 10.8. The number of benzene rings is 2. The quantitative estimate of drug-likeness (QED) is 0.0622. The summed E-state index contributed by atoms with van der Waals surface area (Å²) in [6.45, 7) is 4.64. The smallest absolute Gasteiger partial charge is 0.352 e. The molecule has 0 radical (unpaired) electrons. The van der Waals surface area contributed by atoms with Crippen LogP contribution in [0.25, 0.3) is 0 Å². The van der Waals surface area contributed by atoms with Crippen molar-refractivity contribution in [3.63, 3.8) is 0 Å². The van der Waals surface area contributed by atoms with Crippen molar-refractivity contribution in [2.75, 3.05) is 32.8 Å². The van der Waals surface area contributed by atoms with Gasteiger partial charge in [-0.3, -0.25) is 0 Å². The molecule has 0 saturated heterocycles. The van der Waals surface area contributed by atoms with Crippen molar-refractivity contribution >= 4 is 35.7 Å². The van der Waals surface area contributed by atoms with E-state index in [-0.39, 0.29) is 35.3 Å². The predicted molar refractivity (Wildman–Crippen MR) is 165 cm³/mol. The zero-order chi connectivity index (χ0) is 32.3. The lowest BCUT2D eigenvalue weighted by atomic mass is 10.2. The van der Waals surface area contributed by atoms with Crippen LogP contribution < -0.4 is 25.8 Å². The van der Waals surface area contributed by atoms with Gasteiger partial charge in [-0.15, -0.1) is 0 Å². The van der Waals surface area contributed by atoms with E-state index in [1.165, 1.54) is 6.33 Å². The number of nitrogens with zero attached hydrogens (tertiary/aromatic N) is 4. The highest BCUT2D eigenvalue weighted by Gasteiger charge is 2.19. The third kappa shape index (κ3) is 10.8. The predicted octanol–water partition coefficient (Wildman–Crippen LogP) is 4.00. The Morgan fingerprint density at radius 3 is 2.02 bits per heavy atom. The number of esters is 2. The maximum atomic E-state index is 11.9. The summed E-state index contributed by atoms with van der Waals surface area (Å²) >= 11 is 5.97. The molecule has 0 spiro atoms. The van der Waals surface area contributed by atoms with Crippen molar-refractivity contribution in [2.45, 2.75) is 26.9 Å². The van der Waals surface area contributed by atoms with Gasteiger partial charge in [0.15, 0.2) is 11.4 Å². The average Bonchev–Trinajstić information content (AvgIpc) is 3.04. The van der Waals surface area contributed by atoms with Gasteiger partial charge in [-0.05, 0) is 49.2 Å². The molecule has 44 heavy (non-hydrogen) atoms. The number of nitrogens with two attached hydrogens (primary N) is 1. The minimum Gasteiger partial charge on any atom is -0.497 e. The van der Waals surface area contributed by atoms with E-state index in [0.29, 0.717) is 18.9 Å². The summed E-state index contributed by atoms with van der Waals surface area (Å²) in [5, 5.41) is 15.1. The van der Waals surface area contributed by atoms with Crippen LogP contribution in [0, 0.1) is 11.3 Å². The number of rotatable bonds is 13. The number of halogens is 1. The van der Waals surface area contributed by atoms with Crippen molar-refractivity contribution < 1.29 is 28.5 Å². The van der Waals surface area contributed by atoms with Crippen molar-refractivity contribution in [3.05, 3.63) is 88.1 Å². The monoisotopic (exact) mass is 623 g/mol. The van der Waals surface area contributed by atoms with Gasteiger partial charge < -0.3 is 35.3 Å². The summed E-state index contributed by atoms with van der Waals surface area (Å²) in [5.74, 6) is 0.636. The van der Waals surface area contributed by atoms with Crippen LogP contribution in [0.3, 0.4) is 0 Å². The number of carbonyl (C=O) groups is 2. The van der Waals surface area contributed by atoms with E-state index in [1.54, 1.807) is 34.1 Å². The number of anilines is 1. The number of ether oxygens (including phenoxy) is 4. The molecule has 0 aliphatic carbocycles. The standard InChI is InChI=1S/C15H16ClN3O3.C15H18N4O3/c1-3-22-15(20)12-13(16)18-9-19-14(12)17-8-10-4-6-11(21-2)7-5-10;1-3-22-15(20)13(8-16)14(19-10-17)18-9-11-4-6-12(21-2)7-5-11/h4-7,9H,3,8H2,1-2H3,(H,17,18,19);4-7,10,18H,3,9H2,1-2H3,(H2,17,19)/b;14-13+. The van der Waals surface area contributed by atoms with Crippen molar-refractivity contribution in [1.29, 1.82) is 5.26 Å². The zero-order valence-electron chi connectivity index (χ0n) is 24.8. The molecule has 0 aliphatic rings. The Balaban J connectivity index is 0.000000307. The van der Waals surface area contributed by atoms with Crippen LogP contribution in [-0.4, -0.2) is 55.7 Å². The molecule has 1 aromatic heterocycles. The maximum Gasteiger partial charge on any atom is 0.352 e. The highest BCUT2D eigenvalue weighted by molar-refractivity contribution is 6.33. The molecule has 2 aromatic carbocycles. The third-order valence-electron chi connectivity index (χ3n) is 5.55. The Morgan fingerprint density at radius 2 is 1.52 bits per heavy atom. The van der Waals surface area contributed by atoms with E-state index in [2.05, 4.69) is 25.6 Å². The van der Waals surface area contributed by atoms with Crippen molar-refractivity contribution in [3.8, 4) is 17.6 Å². The van der Waals surface area contributed by atoms with Crippen LogP contribution in [0.2, 0.25) is 5.15 Å². The molecule has 3 rings (SSSR count). The number of methoxy groups -OCH3 is 2. The molecule has 13 nitrogen and oxygen atoms in total. The molecule has 0 bridgehead atoms. The highest BCUT2D eigenvalue weighted by atomic mass is 35.5. The number of aromatic nitrogens is 2. The van der Waals surface area contributed by atoms with Crippen LogP contribution in [0.4, 0.5) is 5.82 Å². The molecule has 0 atom stereocenters. The second-order valence-corrected chi connectivity index (χ2v) is 8.70. The van der Waals surface area contributed by atoms with Crippen LogP contribution in [-0.2, 0) is 27.4 Å². The number of hydrogen-bond acceptors (Lipinski definition) is 12. The summed E-state index contributed by atoms with van der Waals surface area (Å²) in [4.78, 5) is 35.3. The van der Waals surface area contributed by atoms with Gasteiger partial charge >= 0.3 is 11.9 Å². The number of nitrogens with one attached hydrogen (secondary N) is 2. The second kappa shape index (κ2) is 19.0. The average molecular weight is 624 g/mol. The van der Waals surface area contributed by atoms with Crippen LogP contribution in [0.1, 0.15) is 35.3 Å².